The topological polar surface area (TPSA) is 107 Å². The first-order valence-electron chi connectivity index (χ1n) is 9.21. The highest BCUT2D eigenvalue weighted by Crippen LogP contribution is 2.47. The summed E-state index contributed by atoms with van der Waals surface area (Å²) < 4.78 is 6.47. The molecule has 1 heterocycles. The van der Waals surface area contributed by atoms with Gasteiger partial charge in [0.15, 0.2) is 7.83 Å². The van der Waals surface area contributed by atoms with Crippen LogP contribution in [0.15, 0.2) is 12.2 Å². The summed E-state index contributed by atoms with van der Waals surface area (Å²) in [5.74, 6) is -0.935. The number of hydrogen-bond acceptors (Lipinski definition) is 5. The van der Waals surface area contributed by atoms with Crippen molar-refractivity contribution in [2.24, 2.45) is 0 Å². The fourth-order valence-electron chi connectivity index (χ4n) is 3.80. The van der Waals surface area contributed by atoms with E-state index in [-0.39, 0.29) is 23.3 Å². The Bertz CT molecular complexity index is 482. The molecule has 0 aromatic rings. The van der Waals surface area contributed by atoms with Gasteiger partial charge in [0.05, 0.1) is 25.9 Å². The molecular weight excluding hydrogens is 368 g/mol. The van der Waals surface area contributed by atoms with Crippen LogP contribution in [0.1, 0.15) is 40.5 Å². The van der Waals surface area contributed by atoms with Crippen LogP contribution in [0.5, 0.6) is 0 Å². The van der Waals surface area contributed by atoms with E-state index in [4.69, 9.17) is 14.6 Å². The Morgan fingerprint density at radius 1 is 1.27 bits per heavy atom. The number of aliphatic hydroxyl groups excluding tert-OH is 3. The molecule has 0 aliphatic carbocycles. The van der Waals surface area contributed by atoms with Gasteiger partial charge in [-0.05, 0) is 45.8 Å². The molecule has 0 aromatic carbocycles. The average molecular weight is 407 g/mol. The van der Waals surface area contributed by atoms with Crippen molar-refractivity contribution in [3.05, 3.63) is 12.2 Å². The number of carboxylic acid groups (broad SMARTS) is 1. The molecule has 26 heavy (non-hydrogen) atoms. The van der Waals surface area contributed by atoms with E-state index in [1.807, 2.05) is 0 Å². The molecule has 0 aromatic heterocycles. The summed E-state index contributed by atoms with van der Waals surface area (Å²) in [6.45, 7) is 17.4. The minimum atomic E-state index is -1.90. The minimum absolute atomic E-state index is 0.0684. The van der Waals surface area contributed by atoms with Crippen LogP contribution in [0.25, 0.3) is 0 Å². The van der Waals surface area contributed by atoms with Gasteiger partial charge in [-0.3, -0.25) is 0 Å². The molecular formula is C18H38O6Si2. The molecule has 154 valence electrons. The van der Waals surface area contributed by atoms with E-state index in [1.54, 1.807) is 0 Å². The van der Waals surface area contributed by atoms with E-state index < -0.39 is 33.6 Å². The number of rotatable bonds is 6. The highest BCUT2D eigenvalue weighted by molar-refractivity contribution is 7.39. The summed E-state index contributed by atoms with van der Waals surface area (Å²) in [5, 5.41) is 37.3. The first kappa shape index (κ1) is 25.5. The second kappa shape index (κ2) is 9.61. The van der Waals surface area contributed by atoms with E-state index in [0.29, 0.717) is 0 Å². The van der Waals surface area contributed by atoms with Crippen molar-refractivity contribution >= 4 is 21.4 Å². The van der Waals surface area contributed by atoms with Crippen LogP contribution in [-0.2, 0) is 9.22 Å². The van der Waals surface area contributed by atoms with E-state index in [1.165, 1.54) is 6.92 Å². The number of aliphatic hydroxyl groups is 3. The van der Waals surface area contributed by atoms with Gasteiger partial charge in [-0.15, -0.1) is 0 Å². The third-order valence-corrected chi connectivity index (χ3v) is 23.7. The Labute approximate surface area is 159 Å². The molecule has 4 unspecified atom stereocenters. The largest absolute Gasteiger partial charge is 0.478 e. The SMILES string of the molecule is C=C(C)C(=O)O.CCC(C(O)C(O)CO)[Si]1(C)CCC(C)(C)O[Si]1(C)C. The Kier molecular flexibility index (Phi) is 9.42. The standard InChI is InChI=1S/C14H32O4Si2.C4H6O2/c1-7-12(13(17)11(16)10-15)20(6)9-8-14(2,3)18-19(20,4)5;1-3(2)4(5)6/h11-13,15-17H,7-10H2,1-6H3;1H2,2H3,(H,5,6). The molecule has 8 heteroatoms. The van der Waals surface area contributed by atoms with E-state index in [0.717, 1.165) is 18.9 Å². The number of aliphatic carboxylic acids is 1. The lowest BCUT2D eigenvalue weighted by Crippen LogP contribution is -2.69. The van der Waals surface area contributed by atoms with Gasteiger partial charge in [0, 0.05) is 5.57 Å². The maximum atomic E-state index is 10.4. The summed E-state index contributed by atoms with van der Waals surface area (Å²) in [5.41, 5.74) is 0.193. The molecule has 6 nitrogen and oxygen atoms in total. The maximum absolute atomic E-state index is 10.4. The van der Waals surface area contributed by atoms with E-state index in [9.17, 15) is 15.0 Å². The lowest BCUT2D eigenvalue weighted by molar-refractivity contribution is -0.132. The van der Waals surface area contributed by atoms with Gasteiger partial charge in [0.25, 0.3) is 0 Å². The fourth-order valence-corrected chi connectivity index (χ4v) is 17.9. The fraction of sp³-hybridized carbons (Fsp3) is 0.833. The van der Waals surface area contributed by atoms with Crippen molar-refractivity contribution in [3.63, 3.8) is 0 Å². The van der Waals surface area contributed by atoms with Crippen molar-refractivity contribution < 1.29 is 29.6 Å². The molecule has 1 rings (SSSR count). The summed E-state index contributed by atoms with van der Waals surface area (Å²) >= 11 is 0. The van der Waals surface area contributed by atoms with Crippen LogP contribution in [0.2, 0.25) is 31.2 Å². The monoisotopic (exact) mass is 406 g/mol. The molecule has 1 fully saturated rings. The van der Waals surface area contributed by atoms with Crippen LogP contribution in [0.4, 0.5) is 0 Å². The van der Waals surface area contributed by atoms with Crippen molar-refractivity contribution in [3.8, 4) is 0 Å². The zero-order valence-corrected chi connectivity index (χ0v) is 19.4. The highest BCUT2D eigenvalue weighted by Gasteiger charge is 2.58. The summed E-state index contributed by atoms with van der Waals surface area (Å²) in [7, 11) is -3.73. The number of carbonyl (C=O) groups is 1. The number of hydrogen-bond donors (Lipinski definition) is 4. The summed E-state index contributed by atoms with van der Waals surface area (Å²) in [6.07, 6.45) is -0.0200. The molecule has 1 aliphatic heterocycles. The highest BCUT2D eigenvalue weighted by atomic mass is 29.3. The predicted octanol–water partition coefficient (Wildman–Crippen LogP) is 2.69. The first-order valence-corrected chi connectivity index (χ1v) is 15.9. The lowest BCUT2D eigenvalue weighted by atomic mass is 10.1. The Morgan fingerprint density at radius 2 is 1.73 bits per heavy atom. The normalized spacial score (nSPS) is 27.5. The van der Waals surface area contributed by atoms with Crippen LogP contribution in [0, 0.1) is 0 Å². The summed E-state index contributed by atoms with van der Waals surface area (Å²) in [6, 6.07) is 1.13. The predicted molar refractivity (Wildman–Crippen MR) is 109 cm³/mol. The van der Waals surface area contributed by atoms with E-state index in [2.05, 4.69) is 47.0 Å². The molecule has 1 saturated heterocycles. The van der Waals surface area contributed by atoms with Crippen molar-refractivity contribution in [1.29, 1.82) is 0 Å². The van der Waals surface area contributed by atoms with Crippen LogP contribution < -0.4 is 0 Å². The Morgan fingerprint density at radius 3 is 2.04 bits per heavy atom. The summed E-state index contributed by atoms with van der Waals surface area (Å²) in [4.78, 5) is 9.60. The smallest absolute Gasteiger partial charge is 0.330 e. The van der Waals surface area contributed by atoms with Crippen LogP contribution >= 0.6 is 0 Å². The van der Waals surface area contributed by atoms with Crippen molar-refractivity contribution in [2.45, 2.75) is 89.6 Å². The second-order valence-electron chi connectivity index (χ2n) is 8.63. The Balaban J connectivity index is 0.000000896. The quantitative estimate of drug-likeness (QED) is 0.399. The Hall–Kier alpha value is -0.516. The second-order valence-corrected chi connectivity index (χ2v) is 23.0. The van der Waals surface area contributed by atoms with Gasteiger partial charge in [0.2, 0.25) is 0 Å². The van der Waals surface area contributed by atoms with Gasteiger partial charge in [0.1, 0.15) is 6.10 Å². The maximum Gasteiger partial charge on any atom is 0.330 e. The molecule has 1 aliphatic rings. The van der Waals surface area contributed by atoms with Gasteiger partial charge in [-0.1, -0.05) is 32.5 Å². The molecule has 0 saturated carbocycles. The lowest BCUT2D eigenvalue weighted by Gasteiger charge is -2.55. The molecule has 0 spiro atoms. The van der Waals surface area contributed by atoms with Crippen molar-refractivity contribution in [1.82, 2.24) is 0 Å². The minimum Gasteiger partial charge on any atom is -0.478 e. The molecule has 0 radical (unpaired) electrons. The molecule has 4 atom stereocenters. The molecule has 0 bridgehead atoms. The van der Waals surface area contributed by atoms with Gasteiger partial charge >= 0.3 is 5.97 Å². The molecule has 4 N–H and O–H groups in total. The first-order chi connectivity index (χ1) is 11.6. The van der Waals surface area contributed by atoms with E-state index >= 15 is 0 Å². The molecule has 0 amide bonds. The third kappa shape index (κ3) is 6.28. The van der Waals surface area contributed by atoms with Crippen LogP contribution in [-0.4, -0.2) is 66.2 Å². The number of carboxylic acids is 1. The van der Waals surface area contributed by atoms with Gasteiger partial charge < -0.3 is 24.9 Å². The van der Waals surface area contributed by atoms with Crippen molar-refractivity contribution in [2.75, 3.05) is 6.61 Å². The van der Waals surface area contributed by atoms with Gasteiger partial charge in [-0.25, -0.2) is 4.79 Å². The zero-order valence-electron chi connectivity index (χ0n) is 17.4. The third-order valence-electron chi connectivity index (χ3n) is 5.77. The zero-order chi connectivity index (χ0) is 20.9. The average Bonchev–Trinajstić information content (AvgIpc) is 2.51. The van der Waals surface area contributed by atoms with Crippen LogP contribution in [0.3, 0.4) is 0 Å². The van der Waals surface area contributed by atoms with Gasteiger partial charge in [-0.2, -0.15) is 0 Å².